The molecule has 4 aromatic rings. The third-order valence-corrected chi connectivity index (χ3v) is 5.68. The first-order valence-corrected chi connectivity index (χ1v) is 11.7. The van der Waals surface area contributed by atoms with Gasteiger partial charge in [-0.05, 0) is 49.7 Å². The van der Waals surface area contributed by atoms with Gasteiger partial charge in [-0.15, -0.1) is 0 Å². The van der Waals surface area contributed by atoms with Crippen LogP contribution >= 0.6 is 11.6 Å². The Labute approximate surface area is 211 Å². The van der Waals surface area contributed by atoms with Crippen LogP contribution in [0.4, 0.5) is 18.9 Å². The van der Waals surface area contributed by atoms with Crippen molar-refractivity contribution in [1.29, 1.82) is 0 Å². The summed E-state index contributed by atoms with van der Waals surface area (Å²) in [4.78, 5) is 16.7. The summed E-state index contributed by atoms with van der Waals surface area (Å²) in [5, 5.41) is 6.11. The molecule has 2 aromatic carbocycles. The molecule has 1 amide bonds. The number of rotatable bonds is 8. The average Bonchev–Trinajstić information content (AvgIpc) is 3.22. The lowest BCUT2D eigenvalue weighted by atomic mass is 10.0. The van der Waals surface area contributed by atoms with Crippen LogP contribution in [0.3, 0.4) is 0 Å². The topological polar surface area (TPSA) is 67.7 Å². The highest BCUT2D eigenvalue weighted by atomic mass is 35.5. The van der Waals surface area contributed by atoms with Gasteiger partial charge in [0.2, 0.25) is 0 Å². The summed E-state index contributed by atoms with van der Waals surface area (Å²) in [6.07, 6.45) is -1.94. The highest BCUT2D eigenvalue weighted by Crippen LogP contribution is 2.32. The van der Waals surface area contributed by atoms with Gasteiger partial charge in [-0.2, -0.15) is 13.2 Å². The zero-order chi connectivity index (χ0) is 25.9. The number of hydrogen-bond donors (Lipinski definition) is 2. The van der Waals surface area contributed by atoms with E-state index < -0.39 is 12.6 Å². The fourth-order valence-electron chi connectivity index (χ4n) is 3.80. The number of anilines is 1. The summed E-state index contributed by atoms with van der Waals surface area (Å²) in [5.74, 6) is 0.703. The number of pyridine rings is 1. The Morgan fingerprint density at radius 3 is 2.64 bits per heavy atom. The molecule has 0 radical (unpaired) electrons. The summed E-state index contributed by atoms with van der Waals surface area (Å²) in [6.45, 7) is 3.90. The first-order valence-electron chi connectivity index (χ1n) is 11.3. The molecule has 36 heavy (non-hydrogen) atoms. The van der Waals surface area contributed by atoms with Crippen molar-refractivity contribution in [3.05, 3.63) is 77.1 Å². The number of carbonyl (C=O) groups excluding carboxylic acids is 1. The largest absolute Gasteiger partial charge is 0.456 e. The van der Waals surface area contributed by atoms with Crippen LogP contribution in [0.1, 0.15) is 29.3 Å². The predicted molar refractivity (Wildman–Crippen MR) is 134 cm³/mol. The number of hydrogen-bond acceptors (Lipinski definition) is 4. The van der Waals surface area contributed by atoms with E-state index >= 15 is 0 Å². The number of imidazole rings is 1. The quantitative estimate of drug-likeness (QED) is 0.268. The highest BCUT2D eigenvalue weighted by Gasteiger charge is 2.26. The van der Waals surface area contributed by atoms with Gasteiger partial charge in [-0.3, -0.25) is 9.20 Å². The van der Waals surface area contributed by atoms with E-state index in [1.807, 2.05) is 26.0 Å². The maximum atomic E-state index is 12.8. The molecule has 4 rings (SSSR count). The molecule has 6 nitrogen and oxygen atoms in total. The van der Waals surface area contributed by atoms with Crippen LogP contribution in [0.15, 0.2) is 60.9 Å². The molecule has 10 heteroatoms. The standard InChI is InChI=1S/C26H24ClF3N4O2/c1-3-31-25(35)21-8-7-17(11-16(21)2)23-14-33-24-22(32-10-9-26(28,29)30)13-20(15-34(23)24)36-19-6-4-5-18(27)12-19/h4-8,11-15,32H,3,9-10H2,1-2H3,(H,31,35). The SMILES string of the molecule is CCNC(=O)c1ccc(-c2cnc3c(NCCC(F)(F)F)cc(Oc4cccc(Cl)c4)cn23)cc1C. The number of benzene rings is 2. The summed E-state index contributed by atoms with van der Waals surface area (Å²) in [5.41, 5.74) is 3.65. The Hall–Kier alpha value is -3.72. The second-order valence-electron chi connectivity index (χ2n) is 8.17. The fourth-order valence-corrected chi connectivity index (χ4v) is 3.98. The van der Waals surface area contributed by atoms with Gasteiger partial charge in [-0.25, -0.2) is 4.98 Å². The van der Waals surface area contributed by atoms with Gasteiger partial charge in [0.1, 0.15) is 11.5 Å². The van der Waals surface area contributed by atoms with Gasteiger partial charge < -0.3 is 15.4 Å². The normalized spacial score (nSPS) is 11.5. The van der Waals surface area contributed by atoms with Crippen molar-refractivity contribution >= 4 is 28.8 Å². The number of ether oxygens (including phenoxy) is 1. The Bertz CT molecular complexity index is 1400. The number of nitrogens with one attached hydrogen (secondary N) is 2. The van der Waals surface area contributed by atoms with Gasteiger partial charge in [0.25, 0.3) is 5.91 Å². The fraction of sp³-hybridized carbons (Fsp3) is 0.231. The van der Waals surface area contributed by atoms with Crippen molar-refractivity contribution in [2.75, 3.05) is 18.4 Å². The van der Waals surface area contributed by atoms with Crippen LogP contribution in [-0.2, 0) is 0 Å². The number of nitrogens with zero attached hydrogens (tertiary/aromatic N) is 2. The lowest BCUT2D eigenvalue weighted by molar-refractivity contribution is -0.131. The smallest absolute Gasteiger partial charge is 0.390 e. The minimum Gasteiger partial charge on any atom is -0.456 e. The summed E-state index contributed by atoms with van der Waals surface area (Å²) in [6, 6.07) is 13.8. The zero-order valence-corrected chi connectivity index (χ0v) is 20.4. The molecule has 0 saturated carbocycles. The minimum absolute atomic E-state index is 0.159. The molecule has 0 saturated heterocycles. The van der Waals surface area contributed by atoms with E-state index in [1.54, 1.807) is 53.2 Å². The number of aromatic nitrogens is 2. The second-order valence-corrected chi connectivity index (χ2v) is 8.60. The summed E-state index contributed by atoms with van der Waals surface area (Å²) >= 11 is 6.06. The van der Waals surface area contributed by atoms with Crippen LogP contribution in [0.2, 0.25) is 5.02 Å². The van der Waals surface area contributed by atoms with E-state index in [9.17, 15) is 18.0 Å². The molecule has 0 unspecified atom stereocenters. The summed E-state index contributed by atoms with van der Waals surface area (Å²) in [7, 11) is 0. The number of fused-ring (bicyclic) bond motifs is 1. The average molecular weight is 517 g/mol. The highest BCUT2D eigenvalue weighted by molar-refractivity contribution is 6.30. The molecule has 0 bridgehead atoms. The molecule has 2 N–H and O–H groups in total. The predicted octanol–water partition coefficient (Wildman–Crippen LogP) is 6.87. The Morgan fingerprint density at radius 1 is 1.14 bits per heavy atom. The number of carbonyl (C=O) groups is 1. The van der Waals surface area contributed by atoms with Gasteiger partial charge in [0.05, 0.1) is 30.2 Å². The van der Waals surface area contributed by atoms with Crippen LogP contribution in [0, 0.1) is 6.92 Å². The number of aryl methyl sites for hydroxylation is 1. The monoisotopic (exact) mass is 516 g/mol. The third kappa shape index (κ3) is 5.91. The van der Waals surface area contributed by atoms with Gasteiger partial charge in [0.15, 0.2) is 5.65 Å². The maximum absolute atomic E-state index is 12.8. The van der Waals surface area contributed by atoms with E-state index in [2.05, 4.69) is 15.6 Å². The molecule has 0 aliphatic rings. The molecule has 0 aliphatic carbocycles. The van der Waals surface area contributed by atoms with E-state index in [1.165, 1.54) is 0 Å². The van der Waals surface area contributed by atoms with Crippen LogP contribution in [0.25, 0.3) is 16.9 Å². The van der Waals surface area contributed by atoms with E-state index in [0.29, 0.717) is 45.7 Å². The minimum atomic E-state index is -4.29. The molecule has 0 spiro atoms. The van der Waals surface area contributed by atoms with E-state index in [-0.39, 0.29) is 12.5 Å². The van der Waals surface area contributed by atoms with Crippen LogP contribution in [0.5, 0.6) is 11.5 Å². The van der Waals surface area contributed by atoms with Crippen LogP contribution in [-0.4, -0.2) is 34.6 Å². The van der Waals surface area contributed by atoms with E-state index in [4.69, 9.17) is 16.3 Å². The van der Waals surface area contributed by atoms with Gasteiger partial charge in [0, 0.05) is 35.3 Å². The van der Waals surface area contributed by atoms with Crippen molar-refractivity contribution in [2.45, 2.75) is 26.4 Å². The van der Waals surface area contributed by atoms with Gasteiger partial charge >= 0.3 is 6.18 Å². The molecule has 0 fully saturated rings. The first-order chi connectivity index (χ1) is 17.1. The van der Waals surface area contributed by atoms with E-state index in [0.717, 1.165) is 11.1 Å². The first kappa shape index (κ1) is 25.4. The lowest BCUT2D eigenvalue weighted by Gasteiger charge is -2.14. The molecular weight excluding hydrogens is 493 g/mol. The number of amides is 1. The lowest BCUT2D eigenvalue weighted by Crippen LogP contribution is -2.23. The van der Waals surface area contributed by atoms with Crippen molar-refractivity contribution in [2.24, 2.45) is 0 Å². The third-order valence-electron chi connectivity index (χ3n) is 5.44. The number of halogens is 4. The maximum Gasteiger partial charge on any atom is 0.390 e. The Balaban J connectivity index is 1.75. The number of alkyl halides is 3. The molecular formula is C26H24ClF3N4O2. The Morgan fingerprint density at radius 2 is 1.94 bits per heavy atom. The van der Waals surface area contributed by atoms with Crippen molar-refractivity contribution in [1.82, 2.24) is 14.7 Å². The van der Waals surface area contributed by atoms with Gasteiger partial charge in [-0.1, -0.05) is 23.7 Å². The molecule has 2 aromatic heterocycles. The zero-order valence-electron chi connectivity index (χ0n) is 19.6. The molecule has 0 aliphatic heterocycles. The van der Waals surface area contributed by atoms with Crippen molar-refractivity contribution in [3.8, 4) is 22.8 Å². The molecule has 0 atom stereocenters. The summed E-state index contributed by atoms with van der Waals surface area (Å²) < 4.78 is 46.0. The second kappa shape index (κ2) is 10.5. The van der Waals surface area contributed by atoms with Crippen molar-refractivity contribution < 1.29 is 22.7 Å². The van der Waals surface area contributed by atoms with Crippen LogP contribution < -0.4 is 15.4 Å². The Kier molecular flexibility index (Phi) is 7.40. The van der Waals surface area contributed by atoms with Crippen molar-refractivity contribution in [3.63, 3.8) is 0 Å². The molecule has 2 heterocycles. The molecule has 188 valence electrons.